The van der Waals surface area contributed by atoms with Crippen LogP contribution in [-0.4, -0.2) is 16.0 Å². The van der Waals surface area contributed by atoms with Crippen molar-refractivity contribution in [3.8, 4) is 17.0 Å². The molecule has 6 heteroatoms. The molecule has 4 N–H and O–H groups in total. The fourth-order valence-corrected chi connectivity index (χ4v) is 2.86. The summed E-state index contributed by atoms with van der Waals surface area (Å²) < 4.78 is 0. The van der Waals surface area contributed by atoms with Crippen molar-refractivity contribution in [1.82, 2.24) is 4.98 Å². The van der Waals surface area contributed by atoms with E-state index in [0.29, 0.717) is 5.69 Å². The van der Waals surface area contributed by atoms with Crippen molar-refractivity contribution in [1.29, 1.82) is 0 Å². The summed E-state index contributed by atoms with van der Waals surface area (Å²) in [5.74, 6) is -0.799. The molecular formula is C17H15N3O2S. The maximum Gasteiger partial charge on any atom is 0.252 e. The molecule has 1 heterocycles. The van der Waals surface area contributed by atoms with Crippen molar-refractivity contribution >= 4 is 28.1 Å². The summed E-state index contributed by atoms with van der Waals surface area (Å²) >= 11 is 1.46. The molecule has 0 aliphatic heterocycles. The summed E-state index contributed by atoms with van der Waals surface area (Å²) in [6.07, 6.45) is 0. The van der Waals surface area contributed by atoms with Crippen LogP contribution in [0.5, 0.6) is 5.75 Å². The van der Waals surface area contributed by atoms with Crippen molar-refractivity contribution in [3.63, 3.8) is 0 Å². The number of nitrogens with one attached hydrogen (secondary N) is 1. The minimum atomic E-state index is -0.669. The lowest BCUT2D eigenvalue weighted by atomic mass is 10.1. The third-order valence-corrected chi connectivity index (χ3v) is 4.12. The number of phenols is 1. The zero-order valence-corrected chi connectivity index (χ0v) is 13.2. The number of aromatic nitrogens is 1. The van der Waals surface area contributed by atoms with Gasteiger partial charge < -0.3 is 16.2 Å². The van der Waals surface area contributed by atoms with Crippen LogP contribution in [0.2, 0.25) is 0 Å². The zero-order valence-electron chi connectivity index (χ0n) is 12.4. The average molecular weight is 325 g/mol. The van der Waals surface area contributed by atoms with Gasteiger partial charge in [-0.05, 0) is 37.3 Å². The van der Waals surface area contributed by atoms with E-state index in [4.69, 9.17) is 5.73 Å². The highest BCUT2D eigenvalue weighted by Crippen LogP contribution is 2.29. The lowest BCUT2D eigenvalue weighted by Gasteiger charge is -2.04. The number of rotatable bonds is 4. The van der Waals surface area contributed by atoms with E-state index in [1.165, 1.54) is 23.0 Å². The van der Waals surface area contributed by atoms with Gasteiger partial charge in [-0.2, -0.15) is 0 Å². The van der Waals surface area contributed by atoms with Gasteiger partial charge in [-0.3, -0.25) is 4.79 Å². The summed E-state index contributed by atoms with van der Waals surface area (Å²) in [5, 5.41) is 15.5. The number of carbonyl (C=O) groups excluding carboxylic acids is 1. The Morgan fingerprint density at radius 2 is 1.96 bits per heavy atom. The van der Waals surface area contributed by atoms with Gasteiger partial charge in [-0.15, -0.1) is 11.3 Å². The van der Waals surface area contributed by atoms with Crippen LogP contribution < -0.4 is 11.1 Å². The van der Waals surface area contributed by atoms with E-state index in [1.807, 2.05) is 36.6 Å². The van der Waals surface area contributed by atoms with Gasteiger partial charge in [0.1, 0.15) is 5.75 Å². The van der Waals surface area contributed by atoms with Gasteiger partial charge in [0, 0.05) is 16.6 Å². The highest BCUT2D eigenvalue weighted by atomic mass is 32.1. The predicted molar refractivity (Wildman–Crippen MR) is 92.2 cm³/mol. The summed E-state index contributed by atoms with van der Waals surface area (Å²) in [6, 6.07) is 12.7. The minimum absolute atomic E-state index is 0.0866. The number of anilines is 2. The molecule has 0 fully saturated rings. The van der Waals surface area contributed by atoms with E-state index in [1.54, 1.807) is 12.1 Å². The molecule has 0 saturated carbocycles. The van der Waals surface area contributed by atoms with E-state index in [9.17, 15) is 9.90 Å². The van der Waals surface area contributed by atoms with Crippen molar-refractivity contribution in [2.24, 2.45) is 5.73 Å². The van der Waals surface area contributed by atoms with Gasteiger partial charge in [0.15, 0.2) is 5.13 Å². The molecule has 0 radical (unpaired) electrons. The molecule has 5 nitrogen and oxygen atoms in total. The Bertz CT molecular complexity index is 857. The number of hydrogen-bond donors (Lipinski definition) is 3. The van der Waals surface area contributed by atoms with E-state index >= 15 is 0 Å². The van der Waals surface area contributed by atoms with Crippen LogP contribution in [0, 0.1) is 6.92 Å². The third-order valence-electron chi connectivity index (χ3n) is 3.36. The molecule has 0 unspecified atom stereocenters. The molecule has 116 valence electrons. The van der Waals surface area contributed by atoms with Crippen LogP contribution in [0.4, 0.5) is 10.8 Å². The quantitative estimate of drug-likeness (QED) is 0.683. The second kappa shape index (κ2) is 6.10. The first-order valence-electron chi connectivity index (χ1n) is 6.95. The number of aryl methyl sites for hydroxylation is 1. The van der Waals surface area contributed by atoms with Crippen LogP contribution in [0.3, 0.4) is 0 Å². The number of nitrogens with zero attached hydrogens (tertiary/aromatic N) is 1. The number of hydrogen-bond acceptors (Lipinski definition) is 5. The molecule has 2 aromatic carbocycles. The number of primary amides is 1. The molecule has 3 rings (SSSR count). The Kier molecular flexibility index (Phi) is 3.99. The molecule has 0 spiro atoms. The average Bonchev–Trinajstić information content (AvgIpc) is 2.98. The second-order valence-electron chi connectivity index (χ2n) is 5.13. The lowest BCUT2D eigenvalue weighted by molar-refractivity contribution is 0.0998. The summed E-state index contributed by atoms with van der Waals surface area (Å²) in [6.45, 7) is 2.03. The van der Waals surface area contributed by atoms with Crippen LogP contribution in [0.25, 0.3) is 11.3 Å². The number of benzene rings is 2. The fraction of sp³-hybridized carbons (Fsp3) is 0.0588. The number of aromatic hydroxyl groups is 1. The van der Waals surface area contributed by atoms with Crippen molar-refractivity contribution in [2.45, 2.75) is 6.92 Å². The van der Waals surface area contributed by atoms with Crippen molar-refractivity contribution in [3.05, 3.63) is 59.0 Å². The Labute approximate surface area is 137 Å². The van der Waals surface area contributed by atoms with Crippen LogP contribution in [-0.2, 0) is 0 Å². The Hall–Kier alpha value is -2.86. The molecule has 0 aliphatic carbocycles. The van der Waals surface area contributed by atoms with Crippen LogP contribution >= 0.6 is 11.3 Å². The smallest absolute Gasteiger partial charge is 0.252 e. The molecule has 3 aromatic rings. The van der Waals surface area contributed by atoms with Crippen molar-refractivity contribution < 1.29 is 9.90 Å². The van der Waals surface area contributed by atoms with Gasteiger partial charge >= 0.3 is 0 Å². The SMILES string of the molecule is Cc1ccc(Nc2nc(-c3ccc(O)c(C(N)=O)c3)cs2)cc1. The van der Waals surface area contributed by atoms with Crippen LogP contribution in [0.1, 0.15) is 15.9 Å². The first kappa shape index (κ1) is 15.1. The van der Waals surface area contributed by atoms with Gasteiger partial charge in [-0.1, -0.05) is 17.7 Å². The van der Waals surface area contributed by atoms with E-state index in [-0.39, 0.29) is 11.3 Å². The van der Waals surface area contributed by atoms with Gasteiger partial charge in [-0.25, -0.2) is 4.98 Å². The fourth-order valence-electron chi connectivity index (χ4n) is 2.12. The summed E-state index contributed by atoms with van der Waals surface area (Å²) in [4.78, 5) is 15.8. The van der Waals surface area contributed by atoms with E-state index in [2.05, 4.69) is 10.3 Å². The largest absolute Gasteiger partial charge is 0.507 e. The molecule has 1 amide bonds. The Morgan fingerprint density at radius 3 is 2.65 bits per heavy atom. The standard InChI is InChI=1S/C17H15N3O2S/c1-10-2-5-12(6-3-10)19-17-20-14(9-23-17)11-4-7-15(21)13(8-11)16(18)22/h2-9,21H,1H3,(H2,18,22)(H,19,20). The Morgan fingerprint density at radius 1 is 1.22 bits per heavy atom. The van der Waals surface area contributed by atoms with E-state index < -0.39 is 5.91 Å². The molecular weight excluding hydrogens is 310 g/mol. The monoisotopic (exact) mass is 325 g/mol. The maximum absolute atomic E-state index is 11.3. The zero-order chi connectivity index (χ0) is 16.4. The first-order chi connectivity index (χ1) is 11.0. The van der Waals surface area contributed by atoms with Crippen molar-refractivity contribution in [2.75, 3.05) is 5.32 Å². The highest BCUT2D eigenvalue weighted by Gasteiger charge is 2.11. The highest BCUT2D eigenvalue weighted by molar-refractivity contribution is 7.14. The van der Waals surface area contributed by atoms with Gasteiger partial charge in [0.2, 0.25) is 0 Å². The molecule has 0 atom stereocenters. The first-order valence-corrected chi connectivity index (χ1v) is 7.83. The molecule has 0 bridgehead atoms. The summed E-state index contributed by atoms with van der Waals surface area (Å²) in [7, 11) is 0. The van der Waals surface area contributed by atoms with Gasteiger partial charge in [0.05, 0.1) is 11.3 Å². The molecule has 0 aliphatic rings. The third kappa shape index (κ3) is 3.32. The number of thiazole rings is 1. The second-order valence-corrected chi connectivity index (χ2v) is 5.98. The summed E-state index contributed by atoms with van der Waals surface area (Å²) in [5.41, 5.74) is 8.93. The van der Waals surface area contributed by atoms with Gasteiger partial charge in [0.25, 0.3) is 5.91 Å². The maximum atomic E-state index is 11.3. The van der Waals surface area contributed by atoms with E-state index in [0.717, 1.165) is 16.4 Å². The number of nitrogens with two attached hydrogens (primary N) is 1. The normalized spacial score (nSPS) is 10.5. The Balaban J connectivity index is 1.85. The molecule has 1 aromatic heterocycles. The lowest BCUT2D eigenvalue weighted by Crippen LogP contribution is -2.11. The topological polar surface area (TPSA) is 88.2 Å². The molecule has 0 saturated heterocycles. The minimum Gasteiger partial charge on any atom is -0.507 e. The van der Waals surface area contributed by atoms with Crippen LogP contribution in [0.15, 0.2) is 47.8 Å². The number of amides is 1. The number of carbonyl (C=O) groups is 1. The predicted octanol–water partition coefficient (Wildman–Crippen LogP) is 3.67. The molecule has 23 heavy (non-hydrogen) atoms.